The standard InChI is InChI=1S/C16H19N7O3/c1-4-7(2)11-19-12(23-22-11)8(3)18-14(24)9-5-10-13(17-6-9)20-16(26)21-15(10)25/h5-8H,4H2,1-3H3,(H,18,24)(H,19,22,23)(H2,17,20,21,25,26)/t7-,8-/m1/s1. The maximum absolute atomic E-state index is 12.4. The van der Waals surface area contributed by atoms with Crippen molar-refractivity contribution in [1.82, 2.24) is 35.5 Å². The van der Waals surface area contributed by atoms with Gasteiger partial charge in [-0.15, -0.1) is 0 Å². The molecule has 4 N–H and O–H groups in total. The molecule has 1 amide bonds. The van der Waals surface area contributed by atoms with E-state index in [4.69, 9.17) is 0 Å². The average molecular weight is 357 g/mol. The Morgan fingerprint density at radius 3 is 2.77 bits per heavy atom. The van der Waals surface area contributed by atoms with E-state index in [1.54, 1.807) is 6.92 Å². The van der Waals surface area contributed by atoms with Gasteiger partial charge in [-0.2, -0.15) is 5.10 Å². The lowest BCUT2D eigenvalue weighted by Crippen LogP contribution is -2.28. The Bertz CT molecular complexity index is 1070. The third-order valence-electron chi connectivity index (χ3n) is 4.18. The number of hydrogen-bond donors (Lipinski definition) is 4. The second-order valence-electron chi connectivity index (χ2n) is 6.11. The Morgan fingerprint density at radius 2 is 2.04 bits per heavy atom. The first-order valence-corrected chi connectivity index (χ1v) is 8.24. The maximum atomic E-state index is 12.4. The van der Waals surface area contributed by atoms with E-state index in [1.165, 1.54) is 12.3 Å². The molecule has 0 saturated carbocycles. The molecule has 3 aromatic rings. The quantitative estimate of drug-likeness (QED) is 0.529. The van der Waals surface area contributed by atoms with Crippen molar-refractivity contribution in [2.45, 2.75) is 39.2 Å². The van der Waals surface area contributed by atoms with Crippen molar-refractivity contribution in [3.8, 4) is 0 Å². The minimum absolute atomic E-state index is 0.122. The van der Waals surface area contributed by atoms with Crippen LogP contribution >= 0.6 is 0 Å². The number of carbonyl (C=O) groups excluding carboxylic acids is 1. The molecule has 0 bridgehead atoms. The van der Waals surface area contributed by atoms with Crippen LogP contribution in [0.4, 0.5) is 0 Å². The predicted molar refractivity (Wildman–Crippen MR) is 94.0 cm³/mol. The van der Waals surface area contributed by atoms with Gasteiger partial charge >= 0.3 is 5.69 Å². The van der Waals surface area contributed by atoms with Crippen LogP contribution in [0.15, 0.2) is 21.9 Å². The van der Waals surface area contributed by atoms with Crippen molar-refractivity contribution in [2.24, 2.45) is 0 Å². The van der Waals surface area contributed by atoms with Crippen molar-refractivity contribution in [2.75, 3.05) is 0 Å². The van der Waals surface area contributed by atoms with Crippen LogP contribution in [-0.4, -0.2) is 36.0 Å². The summed E-state index contributed by atoms with van der Waals surface area (Å²) in [6.45, 7) is 5.85. The number of pyridine rings is 1. The molecule has 0 aliphatic carbocycles. The Balaban J connectivity index is 1.81. The largest absolute Gasteiger partial charge is 0.342 e. The van der Waals surface area contributed by atoms with Crippen LogP contribution in [0, 0.1) is 0 Å². The summed E-state index contributed by atoms with van der Waals surface area (Å²) in [5.41, 5.74) is -0.934. The number of nitrogens with one attached hydrogen (secondary N) is 4. The van der Waals surface area contributed by atoms with Crippen molar-refractivity contribution in [1.29, 1.82) is 0 Å². The van der Waals surface area contributed by atoms with Crippen molar-refractivity contribution in [3.63, 3.8) is 0 Å². The van der Waals surface area contributed by atoms with Crippen LogP contribution in [0.3, 0.4) is 0 Å². The summed E-state index contributed by atoms with van der Waals surface area (Å²) in [6.07, 6.45) is 2.21. The zero-order valence-electron chi connectivity index (χ0n) is 14.6. The zero-order chi connectivity index (χ0) is 18.8. The Hall–Kier alpha value is -3.30. The number of carbonyl (C=O) groups is 1. The lowest BCUT2D eigenvalue weighted by molar-refractivity contribution is 0.0938. The molecule has 136 valence electrons. The Labute approximate surface area is 147 Å². The molecule has 0 unspecified atom stereocenters. The van der Waals surface area contributed by atoms with Gasteiger partial charge in [-0.3, -0.25) is 24.7 Å². The minimum atomic E-state index is -0.650. The summed E-state index contributed by atoms with van der Waals surface area (Å²) in [6, 6.07) is 0.974. The van der Waals surface area contributed by atoms with Crippen LogP contribution in [0.1, 0.15) is 61.2 Å². The second-order valence-corrected chi connectivity index (χ2v) is 6.11. The molecular weight excluding hydrogens is 338 g/mol. The number of rotatable bonds is 5. The fourth-order valence-electron chi connectivity index (χ4n) is 2.40. The van der Waals surface area contributed by atoms with Gasteiger partial charge in [0.15, 0.2) is 5.82 Å². The summed E-state index contributed by atoms with van der Waals surface area (Å²) in [5, 5.41) is 9.92. The highest BCUT2D eigenvalue weighted by atomic mass is 16.2. The molecule has 0 aliphatic heterocycles. The van der Waals surface area contributed by atoms with Crippen LogP contribution < -0.4 is 16.6 Å². The summed E-state index contributed by atoms with van der Waals surface area (Å²) in [5.74, 6) is 1.05. The fourth-order valence-corrected chi connectivity index (χ4v) is 2.40. The van der Waals surface area contributed by atoms with Crippen molar-refractivity contribution >= 4 is 16.9 Å². The molecule has 0 aromatic carbocycles. The zero-order valence-corrected chi connectivity index (χ0v) is 14.6. The van der Waals surface area contributed by atoms with Gasteiger partial charge in [0.2, 0.25) is 0 Å². The first kappa shape index (κ1) is 17.5. The molecule has 3 aromatic heterocycles. The number of H-pyrrole nitrogens is 3. The molecule has 0 spiro atoms. The molecule has 3 rings (SSSR count). The number of aromatic amines is 3. The molecule has 10 nitrogen and oxygen atoms in total. The van der Waals surface area contributed by atoms with Crippen LogP contribution in [0.25, 0.3) is 11.0 Å². The fraction of sp³-hybridized carbons (Fsp3) is 0.375. The van der Waals surface area contributed by atoms with Gasteiger partial charge in [0.25, 0.3) is 11.5 Å². The smallest absolute Gasteiger partial charge is 0.327 e. The van der Waals surface area contributed by atoms with E-state index < -0.39 is 23.2 Å². The highest BCUT2D eigenvalue weighted by molar-refractivity contribution is 5.96. The maximum Gasteiger partial charge on any atom is 0.327 e. The summed E-state index contributed by atoms with van der Waals surface area (Å²) >= 11 is 0. The Kier molecular flexibility index (Phi) is 4.65. The SMILES string of the molecule is CC[C@@H](C)c1n[nH]c([C@@H](C)NC(=O)c2cnc3[nH]c(=O)[nH]c(=O)c3c2)n1. The van der Waals surface area contributed by atoms with Gasteiger partial charge in [-0.1, -0.05) is 13.8 Å². The van der Waals surface area contributed by atoms with E-state index >= 15 is 0 Å². The molecule has 0 saturated heterocycles. The lowest BCUT2D eigenvalue weighted by atomic mass is 10.1. The van der Waals surface area contributed by atoms with E-state index in [2.05, 4.69) is 35.5 Å². The molecule has 10 heteroatoms. The third kappa shape index (κ3) is 3.39. The molecule has 3 heterocycles. The van der Waals surface area contributed by atoms with Gasteiger partial charge in [-0.25, -0.2) is 14.8 Å². The van der Waals surface area contributed by atoms with Crippen LogP contribution in [0.5, 0.6) is 0 Å². The average Bonchev–Trinajstić information content (AvgIpc) is 3.10. The van der Waals surface area contributed by atoms with Gasteiger partial charge in [0, 0.05) is 12.1 Å². The first-order chi connectivity index (χ1) is 12.4. The Morgan fingerprint density at radius 1 is 1.27 bits per heavy atom. The van der Waals surface area contributed by atoms with E-state index in [0.29, 0.717) is 11.6 Å². The topological polar surface area (TPSA) is 149 Å². The van der Waals surface area contributed by atoms with Crippen molar-refractivity contribution < 1.29 is 4.79 Å². The van der Waals surface area contributed by atoms with Gasteiger partial charge in [0.1, 0.15) is 11.5 Å². The summed E-state index contributed by atoms with van der Waals surface area (Å²) < 4.78 is 0. The van der Waals surface area contributed by atoms with E-state index in [-0.39, 0.29) is 22.5 Å². The van der Waals surface area contributed by atoms with Gasteiger partial charge in [-0.05, 0) is 19.4 Å². The first-order valence-electron chi connectivity index (χ1n) is 8.24. The molecule has 2 atom stereocenters. The number of hydrogen-bond acceptors (Lipinski definition) is 6. The second kappa shape index (κ2) is 6.90. The number of aromatic nitrogens is 6. The molecule has 0 aliphatic rings. The predicted octanol–water partition coefficient (Wildman–Crippen LogP) is 0.734. The van der Waals surface area contributed by atoms with Crippen LogP contribution in [0.2, 0.25) is 0 Å². The van der Waals surface area contributed by atoms with Gasteiger partial charge in [0.05, 0.1) is 17.0 Å². The van der Waals surface area contributed by atoms with E-state index in [1.807, 2.05) is 13.8 Å². The van der Waals surface area contributed by atoms with Crippen molar-refractivity contribution in [3.05, 3.63) is 50.3 Å². The third-order valence-corrected chi connectivity index (χ3v) is 4.18. The van der Waals surface area contributed by atoms with Gasteiger partial charge < -0.3 is 5.32 Å². The summed E-state index contributed by atoms with van der Waals surface area (Å²) in [7, 11) is 0. The lowest BCUT2D eigenvalue weighted by Gasteiger charge is -2.11. The van der Waals surface area contributed by atoms with E-state index in [9.17, 15) is 14.4 Å². The normalized spacial score (nSPS) is 13.5. The highest BCUT2D eigenvalue weighted by Gasteiger charge is 2.18. The highest BCUT2D eigenvalue weighted by Crippen LogP contribution is 2.16. The molecule has 26 heavy (non-hydrogen) atoms. The molecule has 0 fully saturated rings. The number of amides is 1. The molecule has 0 radical (unpaired) electrons. The molecular formula is C16H19N7O3. The van der Waals surface area contributed by atoms with E-state index in [0.717, 1.165) is 6.42 Å². The summed E-state index contributed by atoms with van der Waals surface area (Å²) in [4.78, 5) is 48.4. The number of nitrogens with zero attached hydrogens (tertiary/aromatic N) is 3. The monoisotopic (exact) mass is 357 g/mol. The minimum Gasteiger partial charge on any atom is -0.342 e. The van der Waals surface area contributed by atoms with Crippen LogP contribution in [-0.2, 0) is 0 Å². The number of fused-ring (bicyclic) bond motifs is 1.